The van der Waals surface area contributed by atoms with Gasteiger partial charge in [-0.1, -0.05) is 0 Å². The summed E-state index contributed by atoms with van der Waals surface area (Å²) in [4.78, 5) is 18.2. The van der Waals surface area contributed by atoms with Gasteiger partial charge in [-0.2, -0.15) is 0 Å². The number of carbonyl (C=O) groups excluding carboxylic acids is 1. The summed E-state index contributed by atoms with van der Waals surface area (Å²) in [6.45, 7) is 2.15. The standard InChI is InChI=1S/C11H17N5O/c12-5-7-3-4-16(6-7)11(17)10-13-9(14-15-10)8-1-2-8/h7-8H,1-6,12H2,(H,13,14,15). The second-order valence-electron chi connectivity index (χ2n) is 4.96. The topological polar surface area (TPSA) is 87.9 Å². The van der Waals surface area contributed by atoms with E-state index in [1.807, 2.05) is 0 Å². The molecule has 1 aromatic rings. The highest BCUT2D eigenvalue weighted by atomic mass is 16.2. The van der Waals surface area contributed by atoms with Crippen molar-refractivity contribution in [2.75, 3.05) is 19.6 Å². The van der Waals surface area contributed by atoms with Gasteiger partial charge in [0.05, 0.1) is 0 Å². The fraction of sp³-hybridized carbons (Fsp3) is 0.727. The molecule has 1 amide bonds. The predicted octanol–water partition coefficient (Wildman–Crippen LogP) is 0.103. The number of nitrogens with zero attached hydrogens (tertiary/aromatic N) is 3. The number of amides is 1. The minimum Gasteiger partial charge on any atom is -0.336 e. The molecule has 0 spiro atoms. The molecule has 3 rings (SSSR count). The zero-order valence-corrected chi connectivity index (χ0v) is 9.72. The number of nitrogens with one attached hydrogen (secondary N) is 1. The highest BCUT2D eigenvalue weighted by Gasteiger charge is 2.31. The number of nitrogens with two attached hydrogens (primary N) is 1. The number of hydrogen-bond donors (Lipinski definition) is 2. The molecule has 92 valence electrons. The van der Waals surface area contributed by atoms with Crippen LogP contribution < -0.4 is 5.73 Å². The molecule has 0 aromatic carbocycles. The van der Waals surface area contributed by atoms with Crippen LogP contribution in [0.1, 0.15) is 41.6 Å². The molecule has 1 aliphatic carbocycles. The number of H-pyrrole nitrogens is 1. The molecule has 1 aromatic heterocycles. The molecule has 2 heterocycles. The Bertz CT molecular complexity index is 425. The molecule has 0 bridgehead atoms. The van der Waals surface area contributed by atoms with Gasteiger partial charge in [0.15, 0.2) is 0 Å². The van der Waals surface area contributed by atoms with E-state index in [0.29, 0.717) is 24.2 Å². The lowest BCUT2D eigenvalue weighted by atomic mass is 10.1. The van der Waals surface area contributed by atoms with Crippen LogP contribution in [0.3, 0.4) is 0 Å². The Labute approximate surface area is 99.6 Å². The first-order valence-corrected chi connectivity index (χ1v) is 6.19. The molecule has 2 fully saturated rings. The van der Waals surface area contributed by atoms with Crippen molar-refractivity contribution in [1.82, 2.24) is 20.1 Å². The van der Waals surface area contributed by atoms with Gasteiger partial charge in [-0.3, -0.25) is 9.89 Å². The van der Waals surface area contributed by atoms with Gasteiger partial charge in [-0.15, -0.1) is 5.10 Å². The number of aromatic nitrogens is 3. The summed E-state index contributed by atoms with van der Waals surface area (Å²) < 4.78 is 0. The highest BCUT2D eigenvalue weighted by molar-refractivity contribution is 5.90. The normalized spacial score (nSPS) is 24.3. The van der Waals surface area contributed by atoms with Gasteiger partial charge in [0, 0.05) is 19.0 Å². The van der Waals surface area contributed by atoms with E-state index < -0.39 is 0 Å². The molecule has 1 saturated carbocycles. The Morgan fingerprint density at radius 2 is 2.29 bits per heavy atom. The highest BCUT2D eigenvalue weighted by Crippen LogP contribution is 2.37. The smallest absolute Gasteiger partial charge is 0.293 e. The van der Waals surface area contributed by atoms with Gasteiger partial charge in [-0.05, 0) is 31.7 Å². The van der Waals surface area contributed by atoms with E-state index in [9.17, 15) is 4.79 Å². The predicted molar refractivity (Wildman–Crippen MR) is 61.4 cm³/mol. The number of aromatic amines is 1. The van der Waals surface area contributed by atoms with Crippen molar-refractivity contribution in [2.24, 2.45) is 11.7 Å². The van der Waals surface area contributed by atoms with Crippen molar-refractivity contribution < 1.29 is 4.79 Å². The first-order valence-electron chi connectivity index (χ1n) is 6.19. The minimum absolute atomic E-state index is 0.0656. The Kier molecular flexibility index (Phi) is 2.58. The lowest BCUT2D eigenvalue weighted by Gasteiger charge is -2.13. The van der Waals surface area contributed by atoms with Crippen LogP contribution in [0.25, 0.3) is 0 Å². The monoisotopic (exact) mass is 235 g/mol. The van der Waals surface area contributed by atoms with Crippen molar-refractivity contribution in [2.45, 2.75) is 25.2 Å². The van der Waals surface area contributed by atoms with Crippen LogP contribution in [0.5, 0.6) is 0 Å². The summed E-state index contributed by atoms with van der Waals surface area (Å²) in [6.07, 6.45) is 3.30. The molecule has 1 saturated heterocycles. The number of likely N-dealkylation sites (tertiary alicyclic amines) is 1. The summed E-state index contributed by atoms with van der Waals surface area (Å²) in [5, 5.41) is 6.88. The Hall–Kier alpha value is -1.43. The van der Waals surface area contributed by atoms with Crippen LogP contribution >= 0.6 is 0 Å². The van der Waals surface area contributed by atoms with E-state index in [-0.39, 0.29) is 5.91 Å². The quantitative estimate of drug-likeness (QED) is 0.778. The van der Waals surface area contributed by atoms with Gasteiger partial charge in [0.1, 0.15) is 5.82 Å². The maximum atomic E-state index is 12.1. The summed E-state index contributed by atoms with van der Waals surface area (Å²) in [5.41, 5.74) is 5.61. The minimum atomic E-state index is -0.0656. The fourth-order valence-corrected chi connectivity index (χ4v) is 2.26. The number of carbonyl (C=O) groups is 1. The van der Waals surface area contributed by atoms with E-state index in [2.05, 4.69) is 15.2 Å². The van der Waals surface area contributed by atoms with Crippen molar-refractivity contribution in [1.29, 1.82) is 0 Å². The maximum Gasteiger partial charge on any atom is 0.293 e. The van der Waals surface area contributed by atoms with Crippen molar-refractivity contribution in [3.63, 3.8) is 0 Å². The molecule has 6 heteroatoms. The lowest BCUT2D eigenvalue weighted by molar-refractivity contribution is 0.0776. The van der Waals surface area contributed by atoms with Crippen molar-refractivity contribution >= 4 is 5.91 Å². The lowest BCUT2D eigenvalue weighted by Crippen LogP contribution is -2.30. The second kappa shape index (κ2) is 4.10. The summed E-state index contributed by atoms with van der Waals surface area (Å²) in [5.74, 6) is 2.04. The SMILES string of the molecule is NCC1CCN(C(=O)c2n[nH]c(C3CC3)n2)C1. The third-order valence-electron chi connectivity index (χ3n) is 3.56. The molecule has 0 radical (unpaired) electrons. The average Bonchev–Trinajstić information content (AvgIpc) is 2.93. The van der Waals surface area contributed by atoms with Crippen LogP contribution in [0, 0.1) is 5.92 Å². The Morgan fingerprint density at radius 3 is 2.94 bits per heavy atom. The Balaban J connectivity index is 1.68. The zero-order chi connectivity index (χ0) is 11.8. The largest absolute Gasteiger partial charge is 0.336 e. The first-order chi connectivity index (χ1) is 8.28. The summed E-state index contributed by atoms with van der Waals surface area (Å²) in [7, 11) is 0. The molecule has 6 nitrogen and oxygen atoms in total. The van der Waals surface area contributed by atoms with E-state index in [1.54, 1.807) is 4.90 Å². The molecule has 17 heavy (non-hydrogen) atoms. The van der Waals surface area contributed by atoms with Gasteiger partial charge in [-0.25, -0.2) is 4.98 Å². The molecular formula is C11H17N5O. The third kappa shape index (κ3) is 2.04. The van der Waals surface area contributed by atoms with Gasteiger partial charge < -0.3 is 10.6 Å². The van der Waals surface area contributed by atoms with Crippen LogP contribution in [0.2, 0.25) is 0 Å². The maximum absolute atomic E-state index is 12.1. The van der Waals surface area contributed by atoms with Gasteiger partial charge >= 0.3 is 0 Å². The van der Waals surface area contributed by atoms with Crippen LogP contribution in [0.4, 0.5) is 0 Å². The second-order valence-corrected chi connectivity index (χ2v) is 4.96. The van der Waals surface area contributed by atoms with Crippen LogP contribution in [0.15, 0.2) is 0 Å². The molecule has 1 aliphatic heterocycles. The van der Waals surface area contributed by atoms with Crippen LogP contribution in [-0.4, -0.2) is 45.6 Å². The van der Waals surface area contributed by atoms with E-state index >= 15 is 0 Å². The average molecular weight is 235 g/mol. The molecule has 1 atom stereocenters. The molecular weight excluding hydrogens is 218 g/mol. The molecule has 2 aliphatic rings. The number of hydrogen-bond acceptors (Lipinski definition) is 4. The van der Waals surface area contributed by atoms with Crippen molar-refractivity contribution in [3.8, 4) is 0 Å². The summed E-state index contributed by atoms with van der Waals surface area (Å²) in [6, 6.07) is 0. The Morgan fingerprint density at radius 1 is 1.47 bits per heavy atom. The molecule has 3 N–H and O–H groups in total. The van der Waals surface area contributed by atoms with E-state index in [1.165, 1.54) is 0 Å². The molecule has 1 unspecified atom stereocenters. The first kappa shape index (κ1) is 10.7. The summed E-state index contributed by atoms with van der Waals surface area (Å²) >= 11 is 0. The fourth-order valence-electron chi connectivity index (χ4n) is 2.26. The zero-order valence-electron chi connectivity index (χ0n) is 9.72. The van der Waals surface area contributed by atoms with Gasteiger partial charge in [0.2, 0.25) is 5.82 Å². The van der Waals surface area contributed by atoms with Gasteiger partial charge in [0.25, 0.3) is 5.91 Å². The third-order valence-corrected chi connectivity index (χ3v) is 3.56. The number of rotatable bonds is 3. The van der Waals surface area contributed by atoms with E-state index in [4.69, 9.17) is 5.73 Å². The van der Waals surface area contributed by atoms with E-state index in [0.717, 1.165) is 38.2 Å². The van der Waals surface area contributed by atoms with Crippen molar-refractivity contribution in [3.05, 3.63) is 11.6 Å². The van der Waals surface area contributed by atoms with Crippen LogP contribution in [-0.2, 0) is 0 Å².